The third-order valence-electron chi connectivity index (χ3n) is 7.79. The number of carboxylic acid groups (broad SMARTS) is 1. The molecule has 34 heavy (non-hydrogen) atoms. The molecule has 1 aliphatic carbocycles. The fourth-order valence-corrected chi connectivity index (χ4v) is 5.66. The van der Waals surface area contributed by atoms with Gasteiger partial charge in [-0.05, 0) is 42.0 Å². The summed E-state index contributed by atoms with van der Waals surface area (Å²) < 4.78 is 5.79. The average molecular weight is 460 g/mol. The van der Waals surface area contributed by atoms with E-state index in [0.717, 1.165) is 35.1 Å². The molecule has 1 aromatic carbocycles. The number of fused-ring (bicyclic) bond motifs is 2. The van der Waals surface area contributed by atoms with E-state index >= 15 is 0 Å². The molecule has 4 heterocycles. The minimum Gasteiger partial charge on any atom is -0.465 e. The van der Waals surface area contributed by atoms with E-state index < -0.39 is 17.1 Å². The van der Waals surface area contributed by atoms with Crippen molar-refractivity contribution in [3.05, 3.63) is 71.1 Å². The number of carbonyl (C=O) groups is 3. The number of amides is 2. The molecule has 3 aliphatic heterocycles. The summed E-state index contributed by atoms with van der Waals surface area (Å²) in [7, 11) is 0. The monoisotopic (exact) mass is 459 g/mol. The van der Waals surface area contributed by atoms with E-state index in [0.29, 0.717) is 44.6 Å². The molecule has 1 N–H and O–H groups in total. The van der Waals surface area contributed by atoms with Gasteiger partial charge in [-0.1, -0.05) is 30.3 Å². The van der Waals surface area contributed by atoms with Crippen LogP contribution in [0.25, 0.3) is 5.57 Å². The molecular formula is C26H25N3O5. The van der Waals surface area contributed by atoms with Crippen LogP contribution in [0.2, 0.25) is 0 Å². The van der Waals surface area contributed by atoms with Crippen molar-refractivity contribution in [2.45, 2.75) is 36.7 Å². The number of likely N-dealkylation sites (tertiary alicyclic amines) is 1. The van der Waals surface area contributed by atoms with Crippen LogP contribution in [0.1, 0.15) is 52.7 Å². The number of pyridine rings is 1. The van der Waals surface area contributed by atoms with Gasteiger partial charge in [0.25, 0.3) is 0 Å². The topological polar surface area (TPSA) is 100 Å². The van der Waals surface area contributed by atoms with E-state index in [1.54, 1.807) is 12.4 Å². The third kappa shape index (κ3) is 3.12. The van der Waals surface area contributed by atoms with Crippen LogP contribution >= 0.6 is 0 Å². The normalized spacial score (nSPS) is 24.6. The second-order valence-electron chi connectivity index (χ2n) is 9.65. The Morgan fingerprint density at radius 2 is 1.82 bits per heavy atom. The highest BCUT2D eigenvalue weighted by Gasteiger charge is 2.57. The number of hydrogen-bond donors (Lipinski definition) is 1. The first-order valence-corrected chi connectivity index (χ1v) is 11.7. The maximum absolute atomic E-state index is 13.7. The standard InChI is InChI=1S/C26H25N3O5/c30-22-20-15-27-11-5-21(20)26(34-22)10-14-29(16-26)23(31)25(8-9-25)19-3-1-17(2-4-19)18-6-12-28(13-7-18)24(32)33/h1-6,11,15H,7-10,12-14,16H2,(H,32,33). The molecule has 0 radical (unpaired) electrons. The number of aromatic nitrogens is 1. The molecule has 0 bridgehead atoms. The number of nitrogens with zero attached hydrogens (tertiary/aromatic N) is 3. The third-order valence-corrected chi connectivity index (χ3v) is 7.79. The van der Waals surface area contributed by atoms with Gasteiger partial charge < -0.3 is 19.6 Å². The van der Waals surface area contributed by atoms with Gasteiger partial charge in [-0.3, -0.25) is 9.78 Å². The number of rotatable bonds is 3. The number of hydrogen-bond acceptors (Lipinski definition) is 5. The lowest BCUT2D eigenvalue weighted by Crippen LogP contribution is -2.40. The first-order valence-electron chi connectivity index (χ1n) is 11.7. The van der Waals surface area contributed by atoms with Gasteiger partial charge in [0.05, 0.1) is 17.5 Å². The molecule has 2 fully saturated rings. The first-order chi connectivity index (χ1) is 16.4. The zero-order valence-electron chi connectivity index (χ0n) is 18.7. The van der Waals surface area contributed by atoms with Crippen molar-refractivity contribution in [3.63, 3.8) is 0 Å². The van der Waals surface area contributed by atoms with Gasteiger partial charge in [-0.2, -0.15) is 0 Å². The van der Waals surface area contributed by atoms with Crippen molar-refractivity contribution < 1.29 is 24.2 Å². The number of esters is 1. The Kier molecular flexibility index (Phi) is 4.56. The molecule has 8 nitrogen and oxygen atoms in total. The second kappa shape index (κ2) is 7.41. The minimum absolute atomic E-state index is 0.102. The summed E-state index contributed by atoms with van der Waals surface area (Å²) in [6.07, 6.45) is 7.18. The summed E-state index contributed by atoms with van der Waals surface area (Å²) in [5.74, 6) is -0.262. The van der Waals surface area contributed by atoms with Crippen LogP contribution < -0.4 is 0 Å². The molecule has 2 amide bonds. The molecule has 4 aliphatic rings. The fourth-order valence-electron chi connectivity index (χ4n) is 5.66. The maximum Gasteiger partial charge on any atom is 0.407 e. The van der Waals surface area contributed by atoms with Gasteiger partial charge in [-0.25, -0.2) is 9.59 Å². The summed E-state index contributed by atoms with van der Waals surface area (Å²) in [6.45, 7) is 1.82. The zero-order valence-corrected chi connectivity index (χ0v) is 18.7. The molecule has 1 saturated carbocycles. The van der Waals surface area contributed by atoms with Gasteiger partial charge >= 0.3 is 12.1 Å². The maximum atomic E-state index is 13.7. The van der Waals surface area contributed by atoms with Gasteiger partial charge in [0, 0.05) is 44.0 Å². The van der Waals surface area contributed by atoms with Crippen LogP contribution in [0.4, 0.5) is 4.79 Å². The molecule has 6 rings (SSSR count). The Labute approximate surface area is 196 Å². The van der Waals surface area contributed by atoms with Crippen molar-refractivity contribution in [3.8, 4) is 0 Å². The molecule has 1 unspecified atom stereocenters. The van der Waals surface area contributed by atoms with E-state index in [4.69, 9.17) is 9.84 Å². The van der Waals surface area contributed by atoms with E-state index in [2.05, 4.69) is 4.98 Å². The highest BCUT2D eigenvalue weighted by atomic mass is 16.6. The number of ether oxygens (including phenoxy) is 1. The van der Waals surface area contributed by atoms with Crippen LogP contribution in [0, 0.1) is 0 Å². The minimum atomic E-state index is -0.893. The fraction of sp³-hybridized carbons (Fsp3) is 0.385. The second-order valence-corrected chi connectivity index (χ2v) is 9.65. The van der Waals surface area contributed by atoms with E-state index in [1.807, 2.05) is 41.3 Å². The largest absolute Gasteiger partial charge is 0.465 e. The molecule has 1 atom stereocenters. The lowest BCUT2D eigenvalue weighted by molar-refractivity contribution is -0.134. The highest BCUT2D eigenvalue weighted by molar-refractivity contribution is 5.95. The number of benzene rings is 1. The lowest BCUT2D eigenvalue weighted by Gasteiger charge is -2.27. The molecule has 174 valence electrons. The van der Waals surface area contributed by atoms with E-state index in [9.17, 15) is 14.4 Å². The lowest BCUT2D eigenvalue weighted by atomic mass is 9.91. The molecule has 8 heteroatoms. The Morgan fingerprint density at radius 3 is 2.50 bits per heavy atom. The Hall–Kier alpha value is -3.68. The highest BCUT2D eigenvalue weighted by Crippen LogP contribution is 2.52. The Balaban J connectivity index is 1.19. The van der Waals surface area contributed by atoms with Gasteiger partial charge in [-0.15, -0.1) is 0 Å². The van der Waals surface area contributed by atoms with Crippen LogP contribution in [0.3, 0.4) is 0 Å². The van der Waals surface area contributed by atoms with Crippen molar-refractivity contribution in [1.29, 1.82) is 0 Å². The summed E-state index contributed by atoms with van der Waals surface area (Å²) in [4.78, 5) is 44.4. The van der Waals surface area contributed by atoms with E-state index in [1.165, 1.54) is 4.90 Å². The van der Waals surface area contributed by atoms with Gasteiger partial charge in [0.2, 0.25) is 5.91 Å². The quantitative estimate of drug-likeness (QED) is 0.708. The van der Waals surface area contributed by atoms with Crippen molar-refractivity contribution in [1.82, 2.24) is 14.8 Å². The van der Waals surface area contributed by atoms with Crippen molar-refractivity contribution in [2.75, 3.05) is 26.2 Å². The first kappa shape index (κ1) is 20.9. The van der Waals surface area contributed by atoms with Crippen molar-refractivity contribution >= 4 is 23.5 Å². The van der Waals surface area contributed by atoms with Gasteiger partial charge in [0.15, 0.2) is 5.60 Å². The average Bonchev–Trinajstić information content (AvgIpc) is 3.50. The van der Waals surface area contributed by atoms with Crippen molar-refractivity contribution in [2.24, 2.45) is 0 Å². The van der Waals surface area contributed by atoms with E-state index in [-0.39, 0.29) is 11.9 Å². The zero-order chi connectivity index (χ0) is 23.5. The van der Waals surface area contributed by atoms with Crippen LogP contribution in [-0.2, 0) is 20.5 Å². The predicted octanol–water partition coefficient (Wildman–Crippen LogP) is 3.18. The van der Waals surface area contributed by atoms with Crippen LogP contribution in [0.15, 0.2) is 48.8 Å². The summed E-state index contributed by atoms with van der Waals surface area (Å²) >= 11 is 0. The molecular weight excluding hydrogens is 434 g/mol. The Morgan fingerprint density at radius 1 is 1.03 bits per heavy atom. The summed E-state index contributed by atoms with van der Waals surface area (Å²) in [5, 5.41) is 9.13. The Bertz CT molecular complexity index is 1230. The summed E-state index contributed by atoms with van der Waals surface area (Å²) in [6, 6.07) is 9.98. The summed E-state index contributed by atoms with van der Waals surface area (Å²) in [5.41, 5.74) is 3.28. The molecule has 2 aromatic rings. The molecule has 1 aromatic heterocycles. The molecule has 1 spiro atoms. The number of carbonyl (C=O) groups excluding carboxylic acids is 2. The van der Waals surface area contributed by atoms with Crippen LogP contribution in [-0.4, -0.2) is 64.0 Å². The SMILES string of the molecule is O=C1OC2(CCN(C(=O)C3(c4ccc(C5=CCN(C(=O)O)CC5)cc4)CC3)C2)c2ccncc21. The molecule has 1 saturated heterocycles. The smallest absolute Gasteiger partial charge is 0.407 e. The van der Waals surface area contributed by atoms with Crippen LogP contribution in [0.5, 0.6) is 0 Å². The predicted molar refractivity (Wildman–Crippen MR) is 122 cm³/mol. The van der Waals surface area contributed by atoms with Gasteiger partial charge in [0.1, 0.15) is 0 Å².